The number of hydrogen-bond acceptors (Lipinski definition) is 3. The van der Waals surface area contributed by atoms with Gasteiger partial charge in [-0.1, -0.05) is 20.8 Å². The van der Waals surface area contributed by atoms with Gasteiger partial charge in [0.1, 0.15) is 5.82 Å². The fourth-order valence-corrected chi connectivity index (χ4v) is 2.00. The fourth-order valence-electron chi connectivity index (χ4n) is 2.00. The van der Waals surface area contributed by atoms with Crippen LogP contribution in [-0.4, -0.2) is 29.7 Å². The molecule has 1 heterocycles. The maximum atomic E-state index is 11.2. The zero-order valence-corrected chi connectivity index (χ0v) is 12.1. The second-order valence-corrected chi connectivity index (χ2v) is 6.48. The normalized spacial score (nSPS) is 15.4. The maximum absolute atomic E-state index is 11.2. The van der Waals surface area contributed by atoms with Crippen molar-refractivity contribution in [3.8, 4) is 0 Å². The van der Waals surface area contributed by atoms with Crippen LogP contribution < -0.4 is 4.90 Å². The topological polar surface area (TPSA) is 53.4 Å². The minimum Gasteiger partial charge on any atom is -0.478 e. The van der Waals surface area contributed by atoms with E-state index < -0.39 is 5.97 Å². The van der Waals surface area contributed by atoms with Gasteiger partial charge < -0.3 is 10.0 Å². The van der Waals surface area contributed by atoms with Gasteiger partial charge in [-0.15, -0.1) is 0 Å². The highest BCUT2D eigenvalue weighted by Gasteiger charge is 2.25. The van der Waals surface area contributed by atoms with E-state index in [-0.39, 0.29) is 5.41 Å². The summed E-state index contributed by atoms with van der Waals surface area (Å²) in [5.41, 5.74) is 0.989. The molecule has 0 aromatic carbocycles. The van der Waals surface area contributed by atoms with Crippen molar-refractivity contribution in [2.24, 2.45) is 5.92 Å². The van der Waals surface area contributed by atoms with Crippen LogP contribution in [0.4, 0.5) is 5.82 Å². The van der Waals surface area contributed by atoms with Gasteiger partial charge in [0.15, 0.2) is 0 Å². The number of pyridine rings is 1. The number of anilines is 1. The molecule has 4 nitrogen and oxygen atoms in total. The number of rotatable bonds is 4. The van der Waals surface area contributed by atoms with E-state index in [4.69, 9.17) is 0 Å². The smallest absolute Gasteiger partial charge is 0.335 e. The number of carbonyl (C=O) groups is 1. The second-order valence-electron chi connectivity index (χ2n) is 6.48. The molecule has 4 heteroatoms. The van der Waals surface area contributed by atoms with Crippen LogP contribution in [0.15, 0.2) is 12.1 Å². The van der Waals surface area contributed by atoms with Gasteiger partial charge in [0.2, 0.25) is 0 Å². The summed E-state index contributed by atoms with van der Waals surface area (Å²) in [6, 6.07) is 3.34. The Bertz CT molecular complexity index is 487. The number of carboxylic acid groups (broad SMARTS) is 1. The molecule has 0 bridgehead atoms. The maximum Gasteiger partial charge on any atom is 0.335 e. The molecular weight excluding hydrogens is 240 g/mol. The van der Waals surface area contributed by atoms with Crippen molar-refractivity contribution in [3.63, 3.8) is 0 Å². The lowest BCUT2D eigenvalue weighted by atomic mass is 9.90. The minimum absolute atomic E-state index is 0.152. The highest BCUT2D eigenvalue weighted by Crippen LogP contribution is 2.31. The Morgan fingerprint density at radius 2 is 2.05 bits per heavy atom. The lowest BCUT2D eigenvalue weighted by molar-refractivity contribution is 0.0696. The predicted octanol–water partition coefficient (Wildman–Crippen LogP) is 2.92. The molecule has 1 aromatic rings. The number of carboxylic acids is 1. The van der Waals surface area contributed by atoms with Crippen LogP contribution in [0, 0.1) is 5.92 Å². The zero-order chi connectivity index (χ0) is 14.2. The molecule has 104 valence electrons. The van der Waals surface area contributed by atoms with Crippen molar-refractivity contribution in [2.45, 2.75) is 39.0 Å². The third-order valence-corrected chi connectivity index (χ3v) is 3.45. The van der Waals surface area contributed by atoms with Crippen LogP contribution in [0.1, 0.15) is 49.7 Å². The number of aromatic carboxylic acids is 1. The summed E-state index contributed by atoms with van der Waals surface area (Å²) in [6.07, 6.45) is 2.55. The molecule has 0 radical (unpaired) electrons. The monoisotopic (exact) mass is 262 g/mol. The standard InChI is InChI=1S/C15H22N2O2/c1-15(2,3)12-7-11(14(18)19)8-13(16-12)17(4)9-10-5-6-10/h7-8,10H,5-6,9H2,1-4H3,(H,18,19). The van der Waals surface area contributed by atoms with Gasteiger partial charge in [-0.2, -0.15) is 0 Å². The summed E-state index contributed by atoms with van der Waals surface area (Å²) in [6.45, 7) is 7.10. The fraction of sp³-hybridized carbons (Fsp3) is 0.600. The van der Waals surface area contributed by atoms with Crippen molar-refractivity contribution in [2.75, 3.05) is 18.5 Å². The summed E-state index contributed by atoms with van der Waals surface area (Å²) in [7, 11) is 1.98. The van der Waals surface area contributed by atoms with Crippen LogP contribution >= 0.6 is 0 Å². The van der Waals surface area contributed by atoms with Gasteiger partial charge in [-0.05, 0) is 30.9 Å². The SMILES string of the molecule is CN(CC1CC1)c1cc(C(=O)O)cc(C(C)(C)C)n1. The van der Waals surface area contributed by atoms with E-state index >= 15 is 0 Å². The van der Waals surface area contributed by atoms with E-state index in [0.717, 1.165) is 24.0 Å². The Morgan fingerprint density at radius 1 is 1.42 bits per heavy atom. The molecule has 0 atom stereocenters. The molecule has 0 spiro atoms. The Balaban J connectivity index is 2.35. The van der Waals surface area contributed by atoms with E-state index in [1.54, 1.807) is 12.1 Å². The van der Waals surface area contributed by atoms with E-state index in [9.17, 15) is 9.90 Å². The van der Waals surface area contributed by atoms with Gasteiger partial charge >= 0.3 is 5.97 Å². The van der Waals surface area contributed by atoms with Crippen LogP contribution in [0.3, 0.4) is 0 Å². The molecule has 0 unspecified atom stereocenters. The Labute approximate surface area is 114 Å². The lowest BCUT2D eigenvalue weighted by Crippen LogP contribution is -2.24. The molecule has 0 aliphatic heterocycles. The molecule has 1 aliphatic carbocycles. The summed E-state index contributed by atoms with van der Waals surface area (Å²) in [5.74, 6) is 0.615. The van der Waals surface area contributed by atoms with E-state index in [1.807, 2.05) is 27.8 Å². The summed E-state index contributed by atoms with van der Waals surface area (Å²) in [4.78, 5) is 17.9. The Hall–Kier alpha value is -1.58. The van der Waals surface area contributed by atoms with Crippen molar-refractivity contribution >= 4 is 11.8 Å². The van der Waals surface area contributed by atoms with E-state index in [0.29, 0.717) is 5.56 Å². The van der Waals surface area contributed by atoms with Crippen LogP contribution in [-0.2, 0) is 5.41 Å². The van der Waals surface area contributed by atoms with Crippen molar-refractivity contribution in [1.82, 2.24) is 4.98 Å². The molecule has 0 amide bonds. The molecule has 0 saturated heterocycles. The van der Waals surface area contributed by atoms with Crippen LogP contribution in [0.25, 0.3) is 0 Å². The lowest BCUT2D eigenvalue weighted by Gasteiger charge is -2.23. The summed E-state index contributed by atoms with van der Waals surface area (Å²) in [5, 5.41) is 9.23. The average molecular weight is 262 g/mol. The highest BCUT2D eigenvalue weighted by atomic mass is 16.4. The summed E-state index contributed by atoms with van der Waals surface area (Å²) < 4.78 is 0. The minimum atomic E-state index is -0.894. The molecule has 1 aliphatic rings. The molecule has 19 heavy (non-hydrogen) atoms. The van der Waals surface area contributed by atoms with Crippen LogP contribution in [0.5, 0.6) is 0 Å². The van der Waals surface area contributed by atoms with Gasteiger partial charge in [-0.3, -0.25) is 0 Å². The molecule has 1 aromatic heterocycles. The highest BCUT2D eigenvalue weighted by molar-refractivity contribution is 5.88. The molecule has 1 saturated carbocycles. The average Bonchev–Trinajstić information content (AvgIpc) is 3.11. The first-order valence-corrected chi connectivity index (χ1v) is 6.74. The van der Waals surface area contributed by atoms with Crippen molar-refractivity contribution in [3.05, 3.63) is 23.4 Å². The molecule has 1 fully saturated rings. The number of hydrogen-bond donors (Lipinski definition) is 1. The Morgan fingerprint density at radius 3 is 2.53 bits per heavy atom. The molecular formula is C15H22N2O2. The van der Waals surface area contributed by atoms with Crippen molar-refractivity contribution in [1.29, 1.82) is 0 Å². The van der Waals surface area contributed by atoms with Gasteiger partial charge in [0, 0.05) is 24.7 Å². The molecule has 2 rings (SSSR count). The number of aromatic nitrogens is 1. The van der Waals surface area contributed by atoms with Crippen molar-refractivity contribution < 1.29 is 9.90 Å². The predicted molar refractivity (Wildman–Crippen MR) is 75.9 cm³/mol. The zero-order valence-electron chi connectivity index (χ0n) is 12.1. The largest absolute Gasteiger partial charge is 0.478 e. The van der Waals surface area contributed by atoms with Gasteiger partial charge in [0.05, 0.1) is 5.56 Å². The number of nitrogens with zero attached hydrogens (tertiary/aromatic N) is 2. The second kappa shape index (κ2) is 4.83. The van der Waals surface area contributed by atoms with Crippen LogP contribution in [0.2, 0.25) is 0 Å². The third-order valence-electron chi connectivity index (χ3n) is 3.45. The van der Waals surface area contributed by atoms with Gasteiger partial charge in [-0.25, -0.2) is 9.78 Å². The van der Waals surface area contributed by atoms with E-state index in [1.165, 1.54) is 12.8 Å². The molecule has 1 N–H and O–H groups in total. The van der Waals surface area contributed by atoms with Gasteiger partial charge in [0.25, 0.3) is 0 Å². The van der Waals surface area contributed by atoms with E-state index in [2.05, 4.69) is 9.88 Å². The quantitative estimate of drug-likeness (QED) is 0.906. The third kappa shape index (κ3) is 3.46. The first-order valence-electron chi connectivity index (χ1n) is 6.74. The first kappa shape index (κ1) is 13.8. The first-order chi connectivity index (χ1) is 8.77. The summed E-state index contributed by atoms with van der Waals surface area (Å²) >= 11 is 0. The Kier molecular flexibility index (Phi) is 3.52.